The highest BCUT2D eigenvalue weighted by atomic mass is 16.3. The van der Waals surface area contributed by atoms with Crippen LogP contribution in [0.4, 0.5) is 5.69 Å². The van der Waals surface area contributed by atoms with Crippen LogP contribution in [0.2, 0.25) is 0 Å². The summed E-state index contributed by atoms with van der Waals surface area (Å²) in [6, 6.07) is 14.2. The summed E-state index contributed by atoms with van der Waals surface area (Å²) < 4.78 is 0. The van der Waals surface area contributed by atoms with Gasteiger partial charge in [-0.3, -0.25) is 4.79 Å². The first-order valence-electron chi connectivity index (χ1n) is 5.89. The monoisotopic (exact) mass is 241 g/mol. The largest absolute Gasteiger partial charge is 0.507 e. The van der Waals surface area contributed by atoms with E-state index in [0.717, 1.165) is 17.7 Å². The van der Waals surface area contributed by atoms with Gasteiger partial charge in [0.25, 0.3) is 5.91 Å². The van der Waals surface area contributed by atoms with Crippen molar-refractivity contribution in [3.8, 4) is 5.75 Å². The molecule has 0 spiro atoms. The summed E-state index contributed by atoms with van der Waals surface area (Å²) >= 11 is 0. The highest BCUT2D eigenvalue weighted by molar-refractivity contribution is 6.06. The number of carbonyl (C=O) groups is 1. The molecule has 0 saturated heterocycles. The molecule has 0 aromatic heterocycles. The Morgan fingerprint density at radius 2 is 1.78 bits per heavy atom. The zero-order valence-corrected chi connectivity index (χ0v) is 10.2. The van der Waals surface area contributed by atoms with Gasteiger partial charge in [-0.05, 0) is 30.2 Å². The molecule has 0 aliphatic carbocycles. The Kier molecular flexibility index (Phi) is 3.63. The van der Waals surface area contributed by atoms with E-state index in [9.17, 15) is 9.90 Å². The van der Waals surface area contributed by atoms with Crippen LogP contribution in [0.25, 0.3) is 0 Å². The molecule has 0 atom stereocenters. The molecule has 92 valence electrons. The van der Waals surface area contributed by atoms with Crippen molar-refractivity contribution in [1.29, 1.82) is 0 Å². The number of hydrogen-bond donors (Lipinski definition) is 2. The summed E-state index contributed by atoms with van der Waals surface area (Å²) in [5.74, 6) is -0.307. The fourth-order valence-electron chi connectivity index (χ4n) is 1.81. The molecule has 2 aromatic rings. The Bertz CT molecular complexity index is 564. The zero-order chi connectivity index (χ0) is 13.0. The molecular formula is C15H15NO2. The number of anilines is 1. The summed E-state index contributed by atoms with van der Waals surface area (Å²) in [5.41, 5.74) is 2.14. The third-order valence-electron chi connectivity index (χ3n) is 2.80. The minimum Gasteiger partial charge on any atom is -0.507 e. The van der Waals surface area contributed by atoms with E-state index >= 15 is 0 Å². The lowest BCUT2D eigenvalue weighted by Crippen LogP contribution is -2.13. The number of aromatic hydroxyl groups is 1. The number of amides is 1. The van der Waals surface area contributed by atoms with Crippen molar-refractivity contribution in [2.75, 3.05) is 5.32 Å². The van der Waals surface area contributed by atoms with Crippen molar-refractivity contribution in [3.63, 3.8) is 0 Å². The van der Waals surface area contributed by atoms with Crippen LogP contribution < -0.4 is 5.32 Å². The Morgan fingerprint density at radius 3 is 2.50 bits per heavy atom. The number of carbonyl (C=O) groups excluding carboxylic acids is 1. The second kappa shape index (κ2) is 5.36. The Morgan fingerprint density at radius 1 is 1.11 bits per heavy atom. The first-order chi connectivity index (χ1) is 8.72. The van der Waals surface area contributed by atoms with Gasteiger partial charge in [-0.25, -0.2) is 0 Å². The van der Waals surface area contributed by atoms with Crippen LogP contribution in [0.15, 0.2) is 48.5 Å². The second-order valence-electron chi connectivity index (χ2n) is 3.98. The molecule has 3 nitrogen and oxygen atoms in total. The third kappa shape index (κ3) is 2.51. The van der Waals surface area contributed by atoms with Gasteiger partial charge in [0.15, 0.2) is 0 Å². The van der Waals surface area contributed by atoms with Crippen LogP contribution in [0.3, 0.4) is 0 Å². The highest BCUT2D eigenvalue weighted by Crippen LogP contribution is 2.20. The lowest BCUT2D eigenvalue weighted by Gasteiger charge is -2.10. The minimum absolute atomic E-state index is 0.0102. The predicted octanol–water partition coefficient (Wildman–Crippen LogP) is 3.21. The molecule has 18 heavy (non-hydrogen) atoms. The van der Waals surface area contributed by atoms with Gasteiger partial charge in [-0.2, -0.15) is 0 Å². The topological polar surface area (TPSA) is 49.3 Å². The predicted molar refractivity (Wildman–Crippen MR) is 71.9 cm³/mol. The molecule has 1 amide bonds. The fraction of sp³-hybridized carbons (Fsp3) is 0.133. The van der Waals surface area contributed by atoms with Crippen molar-refractivity contribution >= 4 is 11.6 Å². The lowest BCUT2D eigenvalue weighted by molar-refractivity contribution is 0.102. The van der Waals surface area contributed by atoms with E-state index < -0.39 is 0 Å². The van der Waals surface area contributed by atoms with Crippen LogP contribution >= 0.6 is 0 Å². The van der Waals surface area contributed by atoms with Crippen molar-refractivity contribution in [2.24, 2.45) is 0 Å². The number of phenolic OH excluding ortho intramolecular Hbond substituents is 1. The van der Waals surface area contributed by atoms with Crippen molar-refractivity contribution in [3.05, 3.63) is 59.7 Å². The average Bonchev–Trinajstić information content (AvgIpc) is 2.39. The average molecular weight is 241 g/mol. The Labute approximate surface area is 106 Å². The summed E-state index contributed by atoms with van der Waals surface area (Å²) in [6.45, 7) is 2.03. The summed E-state index contributed by atoms with van der Waals surface area (Å²) in [4.78, 5) is 12.0. The van der Waals surface area contributed by atoms with Gasteiger partial charge in [0.05, 0.1) is 5.56 Å². The van der Waals surface area contributed by atoms with Crippen LogP contribution in [0.1, 0.15) is 22.8 Å². The van der Waals surface area contributed by atoms with E-state index in [4.69, 9.17) is 0 Å². The van der Waals surface area contributed by atoms with Gasteiger partial charge in [0, 0.05) is 5.69 Å². The molecule has 0 aliphatic rings. The normalized spacial score (nSPS) is 10.1. The van der Waals surface area contributed by atoms with Gasteiger partial charge in [-0.1, -0.05) is 37.3 Å². The molecule has 0 unspecified atom stereocenters. The zero-order valence-electron chi connectivity index (χ0n) is 10.2. The number of aryl methyl sites for hydroxylation is 1. The molecule has 0 saturated carbocycles. The SMILES string of the molecule is CCc1ccccc1NC(=O)c1ccccc1O. The summed E-state index contributed by atoms with van der Waals surface area (Å²) in [7, 11) is 0. The quantitative estimate of drug-likeness (QED) is 0.866. The highest BCUT2D eigenvalue weighted by Gasteiger charge is 2.11. The number of phenols is 1. The number of benzene rings is 2. The number of nitrogens with one attached hydrogen (secondary N) is 1. The number of para-hydroxylation sites is 2. The van der Waals surface area contributed by atoms with Gasteiger partial charge in [0.1, 0.15) is 5.75 Å². The van der Waals surface area contributed by atoms with Gasteiger partial charge in [-0.15, -0.1) is 0 Å². The van der Waals surface area contributed by atoms with E-state index in [2.05, 4.69) is 5.32 Å². The molecule has 2 rings (SSSR count). The third-order valence-corrected chi connectivity index (χ3v) is 2.80. The lowest BCUT2D eigenvalue weighted by atomic mass is 10.1. The minimum atomic E-state index is -0.297. The first-order valence-corrected chi connectivity index (χ1v) is 5.89. The van der Waals surface area contributed by atoms with Gasteiger partial charge in [0.2, 0.25) is 0 Å². The molecule has 0 radical (unpaired) electrons. The van der Waals surface area contributed by atoms with E-state index in [1.807, 2.05) is 31.2 Å². The molecule has 0 heterocycles. The molecule has 0 fully saturated rings. The molecule has 2 aromatic carbocycles. The van der Waals surface area contributed by atoms with Crippen LogP contribution in [0, 0.1) is 0 Å². The maximum absolute atomic E-state index is 12.0. The van der Waals surface area contributed by atoms with Crippen molar-refractivity contribution in [2.45, 2.75) is 13.3 Å². The van der Waals surface area contributed by atoms with Crippen LogP contribution in [0.5, 0.6) is 5.75 Å². The standard InChI is InChI=1S/C15H15NO2/c1-2-11-7-3-5-9-13(11)16-15(18)12-8-4-6-10-14(12)17/h3-10,17H,2H2,1H3,(H,16,18). The van der Waals surface area contributed by atoms with E-state index in [1.165, 1.54) is 6.07 Å². The smallest absolute Gasteiger partial charge is 0.259 e. The van der Waals surface area contributed by atoms with E-state index in [1.54, 1.807) is 18.2 Å². The number of hydrogen-bond acceptors (Lipinski definition) is 2. The van der Waals surface area contributed by atoms with Crippen molar-refractivity contribution < 1.29 is 9.90 Å². The van der Waals surface area contributed by atoms with Gasteiger partial charge >= 0.3 is 0 Å². The molecule has 0 bridgehead atoms. The van der Waals surface area contributed by atoms with Crippen molar-refractivity contribution in [1.82, 2.24) is 0 Å². The fourth-order valence-corrected chi connectivity index (χ4v) is 1.81. The van der Waals surface area contributed by atoms with E-state index in [-0.39, 0.29) is 17.2 Å². The summed E-state index contributed by atoms with van der Waals surface area (Å²) in [6.07, 6.45) is 0.844. The molecular weight excluding hydrogens is 226 g/mol. The molecule has 3 heteroatoms. The van der Waals surface area contributed by atoms with Crippen LogP contribution in [-0.2, 0) is 6.42 Å². The Balaban J connectivity index is 2.24. The Hall–Kier alpha value is -2.29. The summed E-state index contributed by atoms with van der Waals surface area (Å²) in [5, 5.41) is 12.4. The maximum Gasteiger partial charge on any atom is 0.259 e. The first kappa shape index (κ1) is 12.2. The molecule has 2 N–H and O–H groups in total. The number of rotatable bonds is 3. The van der Waals surface area contributed by atoms with Crippen LogP contribution in [-0.4, -0.2) is 11.0 Å². The molecule has 0 aliphatic heterocycles. The maximum atomic E-state index is 12.0. The second-order valence-corrected chi connectivity index (χ2v) is 3.98. The van der Waals surface area contributed by atoms with Gasteiger partial charge < -0.3 is 10.4 Å². The van der Waals surface area contributed by atoms with E-state index in [0.29, 0.717) is 0 Å².